The predicted octanol–water partition coefficient (Wildman–Crippen LogP) is 4.90. The Kier molecular flexibility index (Phi) is 6.99. The van der Waals surface area contributed by atoms with Crippen LogP contribution < -0.4 is 5.32 Å². The first-order valence-corrected chi connectivity index (χ1v) is 12.0. The highest BCUT2D eigenvalue weighted by atomic mass is 19.1. The van der Waals surface area contributed by atoms with Gasteiger partial charge in [0.25, 0.3) is 5.91 Å². The van der Waals surface area contributed by atoms with Gasteiger partial charge in [0.05, 0.1) is 29.6 Å². The summed E-state index contributed by atoms with van der Waals surface area (Å²) in [6.45, 7) is 2.57. The van der Waals surface area contributed by atoms with Crippen LogP contribution in [-0.4, -0.2) is 41.2 Å². The van der Waals surface area contributed by atoms with E-state index >= 15 is 0 Å². The first kappa shape index (κ1) is 24.9. The maximum absolute atomic E-state index is 14.9. The van der Waals surface area contributed by atoms with Gasteiger partial charge in [-0.15, -0.1) is 0 Å². The number of pyridine rings is 1. The average molecular weight is 513 g/mol. The lowest BCUT2D eigenvalue weighted by molar-refractivity contribution is 0.0600. The van der Waals surface area contributed by atoms with Crippen LogP contribution in [0.2, 0.25) is 0 Å². The maximum atomic E-state index is 14.9. The average Bonchev–Trinajstić information content (AvgIpc) is 3.39. The number of carbonyl (C=O) groups is 2. The molecule has 0 saturated carbocycles. The lowest BCUT2D eigenvalue weighted by Crippen LogP contribution is -2.31. The summed E-state index contributed by atoms with van der Waals surface area (Å²) in [5, 5.41) is 7.01. The number of methoxy groups -OCH3 is 1. The third-order valence-corrected chi connectivity index (χ3v) is 6.34. The van der Waals surface area contributed by atoms with E-state index in [1.54, 1.807) is 55.6 Å². The van der Waals surface area contributed by atoms with Crippen molar-refractivity contribution in [3.63, 3.8) is 0 Å². The molecule has 2 aromatic heterocycles. The van der Waals surface area contributed by atoms with Crippen molar-refractivity contribution in [1.82, 2.24) is 15.3 Å². The second-order valence-electron chi connectivity index (χ2n) is 8.84. The lowest BCUT2D eigenvalue weighted by Gasteiger charge is -2.11. The molecule has 0 atom stereocenters. The summed E-state index contributed by atoms with van der Waals surface area (Å²) in [4.78, 5) is 36.9. The molecule has 4 aromatic rings. The number of carbonyl (C=O) groups excluding carboxylic acids is 2. The molecular weight excluding hydrogens is 487 g/mol. The van der Waals surface area contributed by atoms with Crippen molar-refractivity contribution in [3.05, 3.63) is 101 Å². The predicted molar refractivity (Wildman–Crippen MR) is 140 cm³/mol. The summed E-state index contributed by atoms with van der Waals surface area (Å²) in [5.41, 5.74) is 6.41. The Morgan fingerprint density at radius 2 is 1.84 bits per heavy atom. The topological polar surface area (TPSA) is 106 Å². The Hall–Kier alpha value is -4.79. The fourth-order valence-electron chi connectivity index (χ4n) is 4.25. The van der Waals surface area contributed by atoms with E-state index in [1.807, 2.05) is 12.1 Å². The third-order valence-electron chi connectivity index (χ3n) is 6.34. The molecule has 3 heterocycles. The number of fused-ring (bicyclic) bond motifs is 1. The van der Waals surface area contributed by atoms with E-state index < -0.39 is 11.8 Å². The van der Waals surface area contributed by atoms with Crippen molar-refractivity contribution >= 4 is 17.6 Å². The molecule has 0 spiro atoms. The minimum atomic E-state index is -0.414. The van der Waals surface area contributed by atoms with E-state index in [4.69, 9.17) is 9.57 Å². The highest BCUT2D eigenvalue weighted by Crippen LogP contribution is 2.29. The fraction of sp³-hybridized carbons (Fsp3) is 0.172. The molecule has 0 fully saturated rings. The molecule has 0 saturated heterocycles. The Morgan fingerprint density at radius 3 is 2.61 bits per heavy atom. The Bertz CT molecular complexity index is 1540. The van der Waals surface area contributed by atoms with Crippen LogP contribution >= 0.6 is 0 Å². The molecule has 9 heteroatoms. The first-order chi connectivity index (χ1) is 18.4. The van der Waals surface area contributed by atoms with E-state index in [0.717, 1.165) is 28.9 Å². The molecule has 1 amide bonds. The Balaban J connectivity index is 1.34. The monoisotopic (exact) mass is 512 g/mol. The number of halogens is 1. The molecule has 0 aliphatic carbocycles. The second-order valence-corrected chi connectivity index (χ2v) is 8.84. The second kappa shape index (κ2) is 10.7. The molecule has 1 aliphatic heterocycles. The molecule has 38 heavy (non-hydrogen) atoms. The normalized spacial score (nSPS) is 13.0. The zero-order chi connectivity index (χ0) is 26.6. The molecule has 0 radical (unpaired) electrons. The summed E-state index contributed by atoms with van der Waals surface area (Å²) < 4.78 is 19.6. The van der Waals surface area contributed by atoms with Crippen LogP contribution in [0.1, 0.15) is 44.5 Å². The smallest absolute Gasteiger partial charge is 0.337 e. The van der Waals surface area contributed by atoms with Crippen LogP contribution in [0.25, 0.3) is 22.5 Å². The standard InChI is InChI=1S/C29H25FN4O4/c1-17(34-38-16-18-3-5-19(6-4-18)29(36)37-2)20-7-8-24(30)22(13-20)27-14-21(9-11-31-27)26-15-23-25(33-26)10-12-32-28(23)35/h3-9,11,13-15,33H,10,12,16H2,1-2H3,(H,32,35)/b34-17+. The van der Waals surface area contributed by atoms with Gasteiger partial charge < -0.3 is 19.9 Å². The van der Waals surface area contributed by atoms with Crippen molar-refractivity contribution in [2.75, 3.05) is 13.7 Å². The molecule has 5 rings (SSSR count). The van der Waals surface area contributed by atoms with Crippen molar-refractivity contribution in [1.29, 1.82) is 0 Å². The third kappa shape index (κ3) is 5.17. The first-order valence-electron chi connectivity index (χ1n) is 12.0. The summed E-state index contributed by atoms with van der Waals surface area (Å²) in [6.07, 6.45) is 2.35. The number of aromatic amines is 1. The van der Waals surface area contributed by atoms with Crippen LogP contribution in [-0.2, 0) is 22.6 Å². The number of hydrogen-bond donors (Lipinski definition) is 2. The molecule has 2 N–H and O–H groups in total. The summed E-state index contributed by atoms with van der Waals surface area (Å²) in [5.74, 6) is -0.919. The number of oxime groups is 1. The van der Waals surface area contributed by atoms with Gasteiger partial charge in [-0.3, -0.25) is 9.78 Å². The Morgan fingerprint density at radius 1 is 1.05 bits per heavy atom. The van der Waals surface area contributed by atoms with Gasteiger partial charge in [-0.2, -0.15) is 0 Å². The molecular formula is C29H25FN4O4. The van der Waals surface area contributed by atoms with Crippen molar-refractivity contribution in [2.45, 2.75) is 20.0 Å². The number of rotatable bonds is 7. The molecule has 2 aromatic carbocycles. The summed E-state index contributed by atoms with van der Waals surface area (Å²) in [6, 6.07) is 17.0. The van der Waals surface area contributed by atoms with E-state index in [1.165, 1.54) is 13.2 Å². The maximum Gasteiger partial charge on any atom is 0.337 e. The van der Waals surface area contributed by atoms with Gasteiger partial charge in [0.15, 0.2) is 0 Å². The number of ether oxygens (including phenoxy) is 1. The molecule has 0 bridgehead atoms. The van der Waals surface area contributed by atoms with E-state index in [9.17, 15) is 14.0 Å². The van der Waals surface area contributed by atoms with Gasteiger partial charge in [0, 0.05) is 41.7 Å². The number of H-pyrrole nitrogens is 1. The van der Waals surface area contributed by atoms with E-state index in [2.05, 4.69) is 20.4 Å². The van der Waals surface area contributed by atoms with Crippen LogP contribution in [0.15, 0.2) is 72.0 Å². The van der Waals surface area contributed by atoms with Gasteiger partial charge in [0.1, 0.15) is 12.4 Å². The van der Waals surface area contributed by atoms with Crippen molar-refractivity contribution < 1.29 is 23.6 Å². The van der Waals surface area contributed by atoms with Gasteiger partial charge in [-0.1, -0.05) is 23.4 Å². The number of nitrogens with zero attached hydrogens (tertiary/aromatic N) is 2. The number of aromatic nitrogens is 2. The van der Waals surface area contributed by atoms with Gasteiger partial charge in [-0.05, 0) is 60.5 Å². The molecule has 1 aliphatic rings. The lowest BCUT2D eigenvalue weighted by atomic mass is 10.0. The molecule has 8 nitrogen and oxygen atoms in total. The largest absolute Gasteiger partial charge is 0.465 e. The van der Waals surface area contributed by atoms with Gasteiger partial charge in [0.2, 0.25) is 0 Å². The number of esters is 1. The van der Waals surface area contributed by atoms with Crippen molar-refractivity contribution in [2.24, 2.45) is 5.16 Å². The fourth-order valence-corrected chi connectivity index (χ4v) is 4.25. The zero-order valence-corrected chi connectivity index (χ0v) is 20.9. The van der Waals surface area contributed by atoms with E-state index in [-0.39, 0.29) is 12.5 Å². The number of amides is 1. The quantitative estimate of drug-likeness (QED) is 0.208. The van der Waals surface area contributed by atoms with Crippen LogP contribution in [0.5, 0.6) is 0 Å². The minimum Gasteiger partial charge on any atom is -0.465 e. The molecule has 192 valence electrons. The summed E-state index contributed by atoms with van der Waals surface area (Å²) >= 11 is 0. The zero-order valence-electron chi connectivity index (χ0n) is 20.9. The SMILES string of the molecule is COC(=O)c1ccc(CO/N=C(\C)c2ccc(F)c(-c3cc(-c4cc5c([nH]4)CCNC5=O)ccn3)c2)cc1. The highest BCUT2D eigenvalue weighted by molar-refractivity contribution is 5.99. The van der Waals surface area contributed by atoms with Gasteiger partial charge in [-0.25, -0.2) is 9.18 Å². The van der Waals surface area contributed by atoms with Crippen LogP contribution in [0.4, 0.5) is 4.39 Å². The number of nitrogens with one attached hydrogen (secondary N) is 2. The number of benzene rings is 2. The number of hydrogen-bond acceptors (Lipinski definition) is 6. The molecule has 0 unspecified atom stereocenters. The van der Waals surface area contributed by atoms with E-state index in [0.29, 0.717) is 40.2 Å². The Labute approximate surface area is 218 Å². The van der Waals surface area contributed by atoms with Crippen LogP contribution in [0, 0.1) is 5.82 Å². The summed E-state index contributed by atoms with van der Waals surface area (Å²) in [7, 11) is 1.33. The minimum absolute atomic E-state index is 0.100. The highest BCUT2D eigenvalue weighted by Gasteiger charge is 2.20. The van der Waals surface area contributed by atoms with Crippen molar-refractivity contribution in [3.8, 4) is 22.5 Å². The van der Waals surface area contributed by atoms with Gasteiger partial charge >= 0.3 is 5.97 Å². The van der Waals surface area contributed by atoms with Crippen LogP contribution in [0.3, 0.4) is 0 Å².